The third-order valence-corrected chi connectivity index (χ3v) is 4.57. The van der Waals surface area contributed by atoms with Crippen LogP contribution in [-0.4, -0.2) is 22.6 Å². The summed E-state index contributed by atoms with van der Waals surface area (Å²) in [6, 6.07) is 4.63. The van der Waals surface area contributed by atoms with Crippen LogP contribution in [0.25, 0.3) is 0 Å². The normalized spacial score (nSPS) is 16.1. The zero-order valence-corrected chi connectivity index (χ0v) is 12.9. The van der Waals surface area contributed by atoms with Gasteiger partial charge in [0.25, 0.3) is 0 Å². The molecule has 5 nitrogen and oxygen atoms in total. The maximum Gasteiger partial charge on any atom is 0.319 e. The van der Waals surface area contributed by atoms with Crippen LogP contribution in [0, 0.1) is 0 Å². The molecule has 1 aliphatic rings. The number of nitrogens with one attached hydrogen (secondary N) is 2. The first-order valence-electron chi connectivity index (χ1n) is 6.16. The molecule has 2 amide bonds. The molecule has 0 saturated heterocycles. The highest BCUT2D eigenvalue weighted by atomic mass is 79.9. The Labute approximate surface area is 129 Å². The molecule has 3 N–H and O–H groups in total. The monoisotopic (exact) mass is 360 g/mol. The summed E-state index contributed by atoms with van der Waals surface area (Å²) in [6.45, 7) is 0. The first-order valence-corrected chi connectivity index (χ1v) is 7.33. The van der Waals surface area contributed by atoms with Crippen molar-refractivity contribution in [1.82, 2.24) is 5.32 Å². The van der Waals surface area contributed by atoms with E-state index in [1.54, 1.807) is 18.2 Å². The van der Waals surface area contributed by atoms with Crippen molar-refractivity contribution in [2.45, 2.75) is 31.2 Å². The van der Waals surface area contributed by atoms with E-state index < -0.39 is 17.5 Å². The van der Waals surface area contributed by atoms with Gasteiger partial charge in [-0.2, -0.15) is 0 Å². The molecule has 1 saturated carbocycles. The van der Waals surface area contributed by atoms with Gasteiger partial charge in [-0.25, -0.2) is 4.79 Å². The Kier molecular flexibility index (Phi) is 4.55. The van der Waals surface area contributed by atoms with Gasteiger partial charge >= 0.3 is 12.0 Å². The number of carboxylic acids is 1. The number of carbonyl (C=O) groups excluding carboxylic acids is 1. The lowest BCUT2D eigenvalue weighted by atomic mass is 9.74. The molecule has 1 aliphatic carbocycles. The Morgan fingerprint density at radius 3 is 2.60 bits per heavy atom. The number of rotatable bonds is 4. The Hall–Kier alpha value is -1.27. The average molecular weight is 362 g/mol. The van der Waals surface area contributed by atoms with Crippen LogP contribution in [0.3, 0.4) is 0 Å². The van der Waals surface area contributed by atoms with Crippen LogP contribution in [-0.2, 0) is 4.79 Å². The topological polar surface area (TPSA) is 78.4 Å². The van der Waals surface area contributed by atoms with Crippen LogP contribution in [0.15, 0.2) is 22.7 Å². The minimum atomic E-state index is -0.903. The van der Waals surface area contributed by atoms with Crippen molar-refractivity contribution in [3.63, 3.8) is 0 Å². The van der Waals surface area contributed by atoms with Crippen molar-refractivity contribution in [3.8, 4) is 0 Å². The predicted octanol–water partition coefficient (Wildman–Crippen LogP) is 3.62. The number of hydrogen-bond donors (Lipinski definition) is 3. The molecule has 1 fully saturated rings. The molecule has 0 radical (unpaired) electrons. The Balaban J connectivity index is 1.97. The summed E-state index contributed by atoms with van der Waals surface area (Å²) in [4.78, 5) is 22.8. The fourth-order valence-corrected chi connectivity index (χ4v) is 2.71. The van der Waals surface area contributed by atoms with Crippen molar-refractivity contribution in [1.29, 1.82) is 0 Å². The molecule has 0 aromatic heterocycles. The standard InChI is InChI=1S/C13H14BrClN2O3/c14-9-6-8(2-3-10(9)15)16-12(20)17-13(4-1-5-13)7-11(18)19/h2-3,6H,1,4-5,7H2,(H,18,19)(H2,16,17,20). The quantitative estimate of drug-likeness (QED) is 0.766. The summed E-state index contributed by atoms with van der Waals surface area (Å²) in [5.74, 6) is -0.903. The van der Waals surface area contributed by atoms with Gasteiger partial charge < -0.3 is 15.7 Å². The number of anilines is 1. The van der Waals surface area contributed by atoms with E-state index in [1.807, 2.05) is 0 Å². The van der Waals surface area contributed by atoms with Crippen LogP contribution in [0.1, 0.15) is 25.7 Å². The second-order valence-corrected chi connectivity index (χ2v) is 6.17. The van der Waals surface area contributed by atoms with Gasteiger partial charge in [-0.3, -0.25) is 4.79 Å². The Morgan fingerprint density at radius 1 is 1.40 bits per heavy atom. The minimum Gasteiger partial charge on any atom is -0.481 e. The van der Waals surface area contributed by atoms with Gasteiger partial charge in [0.15, 0.2) is 0 Å². The summed E-state index contributed by atoms with van der Waals surface area (Å²) in [6.07, 6.45) is 2.26. The Bertz CT molecular complexity index is 546. The summed E-state index contributed by atoms with van der Waals surface area (Å²) < 4.78 is 0.681. The molecule has 0 aliphatic heterocycles. The second kappa shape index (κ2) is 6.01. The van der Waals surface area contributed by atoms with Gasteiger partial charge in [0.05, 0.1) is 17.0 Å². The summed E-state index contributed by atoms with van der Waals surface area (Å²) in [5, 5.41) is 14.9. The first kappa shape index (κ1) is 15.1. The van der Waals surface area contributed by atoms with E-state index in [0.29, 0.717) is 28.0 Å². The van der Waals surface area contributed by atoms with Gasteiger partial charge in [0.1, 0.15) is 0 Å². The third-order valence-electron chi connectivity index (χ3n) is 3.36. The van der Waals surface area contributed by atoms with Gasteiger partial charge in [0, 0.05) is 10.2 Å². The summed E-state index contributed by atoms with van der Waals surface area (Å²) in [5.41, 5.74) is -0.0249. The zero-order chi connectivity index (χ0) is 14.8. The number of aliphatic carboxylic acids is 1. The lowest BCUT2D eigenvalue weighted by molar-refractivity contribution is -0.139. The van der Waals surface area contributed by atoms with Crippen molar-refractivity contribution in [2.75, 3.05) is 5.32 Å². The number of amides is 2. The molecular weight excluding hydrogens is 348 g/mol. The fourth-order valence-electron chi connectivity index (χ4n) is 2.22. The molecule has 0 unspecified atom stereocenters. The van der Waals surface area contributed by atoms with Crippen LogP contribution in [0.5, 0.6) is 0 Å². The second-order valence-electron chi connectivity index (χ2n) is 4.91. The Morgan fingerprint density at radius 2 is 2.10 bits per heavy atom. The number of urea groups is 1. The van der Waals surface area contributed by atoms with Gasteiger partial charge in [-0.15, -0.1) is 0 Å². The summed E-state index contributed by atoms with van der Waals surface area (Å²) >= 11 is 9.15. The highest BCUT2D eigenvalue weighted by Crippen LogP contribution is 2.35. The minimum absolute atomic E-state index is 0.0509. The van der Waals surface area contributed by atoms with E-state index in [1.165, 1.54) is 0 Å². The maximum absolute atomic E-state index is 11.9. The predicted molar refractivity (Wildman–Crippen MR) is 80.1 cm³/mol. The van der Waals surface area contributed by atoms with Gasteiger partial charge in [-0.1, -0.05) is 11.6 Å². The van der Waals surface area contributed by atoms with Crippen molar-refractivity contribution in [3.05, 3.63) is 27.7 Å². The molecule has 0 heterocycles. The van der Waals surface area contributed by atoms with Crippen molar-refractivity contribution in [2.24, 2.45) is 0 Å². The molecule has 0 bridgehead atoms. The number of carbonyl (C=O) groups is 2. The molecule has 0 atom stereocenters. The van der Waals surface area contributed by atoms with E-state index in [4.69, 9.17) is 16.7 Å². The van der Waals surface area contributed by atoms with E-state index in [2.05, 4.69) is 26.6 Å². The number of halogens is 2. The van der Waals surface area contributed by atoms with E-state index in [0.717, 1.165) is 6.42 Å². The molecule has 2 rings (SSSR count). The van der Waals surface area contributed by atoms with E-state index in [9.17, 15) is 9.59 Å². The smallest absolute Gasteiger partial charge is 0.319 e. The SMILES string of the molecule is O=C(O)CC1(NC(=O)Nc2ccc(Cl)c(Br)c2)CCC1. The highest BCUT2D eigenvalue weighted by Gasteiger charge is 2.40. The van der Waals surface area contributed by atoms with Crippen LogP contribution in [0.4, 0.5) is 10.5 Å². The van der Waals surface area contributed by atoms with Crippen LogP contribution >= 0.6 is 27.5 Å². The molecule has 0 spiro atoms. The third kappa shape index (κ3) is 3.64. The van der Waals surface area contributed by atoms with Gasteiger partial charge in [0.2, 0.25) is 0 Å². The molecule has 1 aromatic carbocycles. The number of carboxylic acid groups (broad SMARTS) is 1. The zero-order valence-electron chi connectivity index (χ0n) is 10.6. The van der Waals surface area contributed by atoms with E-state index in [-0.39, 0.29) is 6.42 Å². The maximum atomic E-state index is 11.9. The largest absolute Gasteiger partial charge is 0.481 e. The molecule has 1 aromatic rings. The molecular formula is C13H14BrClN2O3. The first-order chi connectivity index (χ1) is 9.40. The number of benzene rings is 1. The van der Waals surface area contributed by atoms with Crippen LogP contribution < -0.4 is 10.6 Å². The fraction of sp³-hybridized carbons (Fsp3) is 0.385. The number of hydrogen-bond acceptors (Lipinski definition) is 2. The molecule has 108 valence electrons. The molecule has 20 heavy (non-hydrogen) atoms. The van der Waals surface area contributed by atoms with Gasteiger partial charge in [-0.05, 0) is 53.4 Å². The summed E-state index contributed by atoms with van der Waals surface area (Å²) in [7, 11) is 0. The average Bonchev–Trinajstić information content (AvgIpc) is 2.30. The van der Waals surface area contributed by atoms with Crippen LogP contribution in [0.2, 0.25) is 5.02 Å². The van der Waals surface area contributed by atoms with Crippen molar-refractivity contribution >= 4 is 45.2 Å². The van der Waals surface area contributed by atoms with E-state index >= 15 is 0 Å². The van der Waals surface area contributed by atoms with Crippen molar-refractivity contribution < 1.29 is 14.7 Å². The lowest BCUT2D eigenvalue weighted by Gasteiger charge is -2.41. The lowest BCUT2D eigenvalue weighted by Crippen LogP contribution is -2.55. The molecule has 7 heteroatoms. The highest BCUT2D eigenvalue weighted by molar-refractivity contribution is 9.10.